The zero-order valence-corrected chi connectivity index (χ0v) is 12.9. The van der Waals surface area contributed by atoms with Crippen LogP contribution in [0.3, 0.4) is 0 Å². The molecule has 0 radical (unpaired) electrons. The average Bonchev–Trinajstić information content (AvgIpc) is 2.86. The van der Waals surface area contributed by atoms with Gasteiger partial charge >= 0.3 is 5.97 Å². The molecule has 2 rings (SSSR count). The summed E-state index contributed by atoms with van der Waals surface area (Å²) < 4.78 is 26.4. The second-order valence-corrected chi connectivity index (χ2v) is 7.88. The number of hydrogen-bond donors (Lipinski definition) is 3. The first kappa shape index (κ1) is 15.9. The summed E-state index contributed by atoms with van der Waals surface area (Å²) in [4.78, 5) is 22.6. The molecule has 1 aromatic heterocycles. The third-order valence-corrected chi connectivity index (χ3v) is 6.26. The van der Waals surface area contributed by atoms with Crippen LogP contribution in [0.2, 0.25) is 0 Å². The van der Waals surface area contributed by atoms with E-state index >= 15 is 0 Å². The Morgan fingerprint density at radius 1 is 1.43 bits per heavy atom. The van der Waals surface area contributed by atoms with Crippen LogP contribution in [0.1, 0.15) is 19.8 Å². The molecule has 0 aliphatic heterocycles. The number of hydrogen-bond acceptors (Lipinski definition) is 5. The van der Waals surface area contributed by atoms with E-state index in [1.54, 1.807) is 11.4 Å². The molecule has 1 aromatic rings. The third kappa shape index (κ3) is 3.80. The van der Waals surface area contributed by atoms with Crippen LogP contribution >= 0.6 is 11.3 Å². The molecule has 1 heterocycles. The van der Waals surface area contributed by atoms with Gasteiger partial charge in [-0.1, -0.05) is 6.07 Å². The molecular formula is C12H16N2O5S2. The van der Waals surface area contributed by atoms with Crippen molar-refractivity contribution in [3.8, 4) is 0 Å². The van der Waals surface area contributed by atoms with E-state index in [2.05, 4.69) is 10.0 Å². The minimum absolute atomic E-state index is 0.150. The van der Waals surface area contributed by atoms with Gasteiger partial charge in [-0.25, -0.2) is 8.42 Å². The Morgan fingerprint density at radius 2 is 2.10 bits per heavy atom. The largest absolute Gasteiger partial charge is 0.481 e. The predicted octanol–water partition coefficient (Wildman–Crippen LogP) is 0.394. The number of amides is 1. The number of rotatable bonds is 6. The fourth-order valence-corrected chi connectivity index (χ4v) is 4.24. The second kappa shape index (κ2) is 6.12. The van der Waals surface area contributed by atoms with Gasteiger partial charge in [-0.3, -0.25) is 9.59 Å². The summed E-state index contributed by atoms with van der Waals surface area (Å²) in [6.45, 7) is 1.45. The van der Waals surface area contributed by atoms with E-state index in [0.29, 0.717) is 12.8 Å². The first-order valence-corrected chi connectivity index (χ1v) is 8.75. The van der Waals surface area contributed by atoms with Gasteiger partial charge in [0, 0.05) is 6.04 Å². The molecule has 0 bridgehead atoms. The summed E-state index contributed by atoms with van der Waals surface area (Å²) in [6, 6.07) is 1.96. The van der Waals surface area contributed by atoms with Gasteiger partial charge < -0.3 is 10.4 Å². The Kier molecular flexibility index (Phi) is 4.64. The maximum absolute atomic E-state index is 12.0. The van der Waals surface area contributed by atoms with Gasteiger partial charge in [-0.15, -0.1) is 11.3 Å². The summed E-state index contributed by atoms with van der Waals surface area (Å²) >= 11 is 1.07. The van der Waals surface area contributed by atoms with Crippen LogP contribution in [0.25, 0.3) is 0 Å². The van der Waals surface area contributed by atoms with Gasteiger partial charge in [0.2, 0.25) is 5.91 Å². The quantitative estimate of drug-likeness (QED) is 0.698. The molecule has 1 aliphatic rings. The summed E-state index contributed by atoms with van der Waals surface area (Å²) in [5.41, 5.74) is 0. The predicted molar refractivity (Wildman–Crippen MR) is 76.4 cm³/mol. The Hall–Kier alpha value is -1.45. The highest BCUT2D eigenvalue weighted by Crippen LogP contribution is 2.27. The first-order valence-electron chi connectivity index (χ1n) is 6.38. The summed E-state index contributed by atoms with van der Waals surface area (Å²) in [5.74, 6) is -1.75. The van der Waals surface area contributed by atoms with Crippen molar-refractivity contribution in [1.82, 2.24) is 10.0 Å². The first-order chi connectivity index (χ1) is 9.79. The molecule has 9 heteroatoms. The Balaban J connectivity index is 1.85. The van der Waals surface area contributed by atoms with Crippen molar-refractivity contribution in [2.45, 2.75) is 36.1 Å². The molecule has 1 fully saturated rings. The molecule has 1 saturated carbocycles. The van der Waals surface area contributed by atoms with Crippen molar-refractivity contribution in [3.63, 3.8) is 0 Å². The highest BCUT2D eigenvalue weighted by atomic mass is 32.2. The van der Waals surface area contributed by atoms with Gasteiger partial charge in [-0.2, -0.15) is 4.72 Å². The van der Waals surface area contributed by atoms with Gasteiger partial charge in [0.15, 0.2) is 0 Å². The third-order valence-electron chi connectivity index (χ3n) is 3.32. The molecule has 7 nitrogen and oxygen atoms in total. The molecule has 1 atom stereocenters. The van der Waals surface area contributed by atoms with Crippen molar-refractivity contribution in [2.75, 3.05) is 0 Å². The van der Waals surface area contributed by atoms with Gasteiger partial charge in [0.05, 0.1) is 12.0 Å². The lowest BCUT2D eigenvalue weighted by molar-refractivity contribution is -0.146. The number of carboxylic acid groups (broad SMARTS) is 1. The van der Waals surface area contributed by atoms with E-state index in [1.165, 1.54) is 13.0 Å². The van der Waals surface area contributed by atoms with Gasteiger partial charge in [-0.05, 0) is 31.2 Å². The smallest absolute Gasteiger partial charge is 0.306 e. The second-order valence-electron chi connectivity index (χ2n) is 4.99. The number of sulfonamides is 1. The van der Waals surface area contributed by atoms with Crippen LogP contribution in [0.15, 0.2) is 21.7 Å². The van der Waals surface area contributed by atoms with Crippen molar-refractivity contribution in [1.29, 1.82) is 0 Å². The highest BCUT2D eigenvalue weighted by molar-refractivity contribution is 7.91. The normalized spacial score (nSPS) is 23.1. The minimum Gasteiger partial charge on any atom is -0.481 e. The Labute approximate surface area is 126 Å². The van der Waals surface area contributed by atoms with Crippen LogP contribution in [-0.2, 0) is 19.6 Å². The zero-order valence-electron chi connectivity index (χ0n) is 11.3. The fourth-order valence-electron chi connectivity index (χ4n) is 2.02. The van der Waals surface area contributed by atoms with E-state index in [1.807, 2.05) is 0 Å². The molecule has 3 N–H and O–H groups in total. The zero-order chi connectivity index (χ0) is 15.6. The minimum atomic E-state index is -3.70. The summed E-state index contributed by atoms with van der Waals surface area (Å²) in [5, 5.41) is 13.0. The van der Waals surface area contributed by atoms with Gasteiger partial charge in [0.25, 0.3) is 10.0 Å². The van der Waals surface area contributed by atoms with E-state index < -0.39 is 33.9 Å². The van der Waals surface area contributed by atoms with Crippen LogP contribution < -0.4 is 10.0 Å². The lowest BCUT2D eigenvalue weighted by Crippen LogP contribution is -2.52. The average molecular weight is 332 g/mol. The number of carbonyl (C=O) groups excluding carboxylic acids is 1. The summed E-state index contributed by atoms with van der Waals surface area (Å²) in [6.07, 6.45) is 0.761. The molecular weight excluding hydrogens is 316 g/mol. The van der Waals surface area contributed by atoms with Crippen LogP contribution in [0, 0.1) is 5.92 Å². The number of nitrogens with one attached hydrogen (secondary N) is 2. The van der Waals surface area contributed by atoms with Crippen LogP contribution in [-0.4, -0.2) is 37.5 Å². The summed E-state index contributed by atoms with van der Waals surface area (Å²) in [7, 11) is -3.70. The topological polar surface area (TPSA) is 113 Å². The van der Waals surface area contributed by atoms with Crippen molar-refractivity contribution in [3.05, 3.63) is 17.5 Å². The Bertz CT molecular complexity index is 620. The fraction of sp³-hybridized carbons (Fsp3) is 0.500. The van der Waals surface area contributed by atoms with Crippen molar-refractivity contribution >= 4 is 33.2 Å². The van der Waals surface area contributed by atoms with Crippen LogP contribution in [0.5, 0.6) is 0 Å². The van der Waals surface area contributed by atoms with Crippen molar-refractivity contribution in [2.24, 2.45) is 5.92 Å². The van der Waals surface area contributed by atoms with E-state index in [0.717, 1.165) is 11.3 Å². The van der Waals surface area contributed by atoms with E-state index in [9.17, 15) is 18.0 Å². The monoisotopic (exact) mass is 332 g/mol. The van der Waals surface area contributed by atoms with Crippen molar-refractivity contribution < 1.29 is 23.1 Å². The van der Waals surface area contributed by atoms with E-state index in [-0.39, 0.29) is 10.3 Å². The molecule has 1 amide bonds. The molecule has 0 spiro atoms. The molecule has 116 valence electrons. The number of carboxylic acids is 1. The standard InChI is InChI=1S/C12H16N2O5S2/c1-7(14-21(18,19)10-3-2-4-20-10)11(15)13-9-5-8(6-9)12(16)17/h2-4,7-9,14H,5-6H2,1H3,(H,13,15)(H,16,17). The number of thiophene rings is 1. The molecule has 1 unspecified atom stereocenters. The Morgan fingerprint density at radius 3 is 2.62 bits per heavy atom. The maximum Gasteiger partial charge on any atom is 0.306 e. The molecule has 0 saturated heterocycles. The lowest BCUT2D eigenvalue weighted by Gasteiger charge is -2.33. The lowest BCUT2D eigenvalue weighted by atomic mass is 9.80. The maximum atomic E-state index is 12.0. The van der Waals surface area contributed by atoms with Crippen LogP contribution in [0.4, 0.5) is 0 Å². The highest BCUT2D eigenvalue weighted by Gasteiger charge is 2.36. The number of carbonyl (C=O) groups is 2. The molecule has 1 aliphatic carbocycles. The molecule has 21 heavy (non-hydrogen) atoms. The van der Waals surface area contributed by atoms with Gasteiger partial charge in [0.1, 0.15) is 4.21 Å². The number of aliphatic carboxylic acids is 1. The SMILES string of the molecule is CC(NS(=O)(=O)c1cccs1)C(=O)NC1CC(C(=O)O)C1. The molecule has 0 aromatic carbocycles. The van der Waals surface area contributed by atoms with E-state index in [4.69, 9.17) is 5.11 Å².